The van der Waals surface area contributed by atoms with Gasteiger partial charge >= 0.3 is 1.43 Å². The van der Waals surface area contributed by atoms with E-state index in [-0.39, 0.29) is 11.7 Å². The van der Waals surface area contributed by atoms with Crippen LogP contribution in [0.4, 0.5) is 4.79 Å². The lowest BCUT2D eigenvalue weighted by Crippen LogP contribution is -1.83. The molecule has 0 atom stereocenters. The minimum absolute atomic E-state index is 0. The van der Waals surface area contributed by atoms with E-state index in [2.05, 4.69) is 0 Å². The Bertz CT molecular complexity index is 32.6. The zero-order chi connectivity index (χ0) is 3.58. The Morgan fingerprint density at radius 3 is 2.25 bits per heavy atom. The molecule has 0 aliphatic rings. The summed E-state index contributed by atoms with van der Waals surface area (Å²) in [5.74, 6) is 0. The molecule has 0 aromatic heterocycles. The van der Waals surface area contributed by atoms with Gasteiger partial charge in [0.2, 0.25) is 0 Å². The normalized spacial score (nSPS) is 7.00. The third-order valence-corrected chi connectivity index (χ3v) is 0. The first-order valence-electron chi connectivity index (χ1n) is 0.928. The van der Waals surface area contributed by atoms with Crippen molar-refractivity contribution in [2.45, 2.75) is 0 Å². The highest BCUT2D eigenvalue weighted by Crippen LogP contribution is 1.41. The second-order valence-electron chi connectivity index (χ2n) is 0.519. The number of hydrogen-bond acceptors (Lipinski definition) is 1. The summed E-state index contributed by atoms with van der Waals surface area (Å²) >= 11 is 0. The van der Waals surface area contributed by atoms with E-state index >= 15 is 0 Å². The van der Waals surface area contributed by atoms with Crippen LogP contribution in [0, 0.1) is 0 Å². The molecule has 24 valence electrons. The molecule has 0 radical (unpaired) electrons. The lowest BCUT2D eigenvalue weighted by Gasteiger charge is -1.59. The lowest BCUT2D eigenvalue weighted by atomic mass is 11.6. The van der Waals surface area contributed by atoms with E-state index in [4.69, 9.17) is 9.90 Å². The summed E-state index contributed by atoms with van der Waals surface area (Å²) in [6.07, 6.45) is 0. The summed E-state index contributed by atoms with van der Waals surface area (Å²) in [6, 6.07) is 0. The fourth-order valence-electron chi connectivity index (χ4n) is 0. The van der Waals surface area contributed by atoms with Crippen LogP contribution in [0.2, 0.25) is 0 Å². The molecule has 0 aromatic rings. The summed E-state index contributed by atoms with van der Waals surface area (Å²) < 4.78 is 0. The number of carbonyl (C=O) groups is 1. The van der Waals surface area contributed by atoms with Crippen LogP contribution in [0.15, 0.2) is 0 Å². The summed E-state index contributed by atoms with van der Waals surface area (Å²) in [7, 11) is 0.265. The Kier molecular flexibility index (Phi) is 0.976. The Labute approximate surface area is 28.4 Å². The maximum absolute atomic E-state index is 9.06. The average Bonchev–Trinajstić information content (AvgIpc) is 0.811. The van der Waals surface area contributed by atoms with Gasteiger partial charge in [0, 0.05) is 0 Å². The summed E-state index contributed by atoms with van der Waals surface area (Å²) in [5.41, 5.74) is -0.694. The first-order chi connectivity index (χ1) is 1.73. The Morgan fingerprint density at radius 1 is 2.25 bits per heavy atom. The molecule has 1 N–H and O–H groups in total. The molecule has 0 aromatic carbocycles. The second-order valence-corrected chi connectivity index (χ2v) is 1.37. The molecule has 4 heavy (non-hydrogen) atoms. The largest absolute Gasteiger partial charge is 1.00 e. The van der Waals surface area contributed by atoms with Crippen molar-refractivity contribution in [3.8, 4) is 0 Å². The van der Waals surface area contributed by atoms with Gasteiger partial charge in [-0.3, -0.25) is 4.79 Å². The van der Waals surface area contributed by atoms with Gasteiger partial charge < -0.3 is 5.11 Å². The van der Waals surface area contributed by atoms with Crippen molar-refractivity contribution in [2.24, 2.45) is 0 Å². The van der Waals surface area contributed by atoms with E-state index in [1.165, 1.54) is 0 Å². The molecule has 2 nitrogen and oxygen atoms in total. The highest BCUT2D eigenvalue weighted by molar-refractivity contribution is 6.54. The van der Waals surface area contributed by atoms with Crippen LogP contribution < -0.4 is 0 Å². The first kappa shape index (κ1) is 3.69. The highest BCUT2D eigenvalue weighted by Gasteiger charge is 1.65. The smallest absolute Gasteiger partial charge is 0.486 e. The van der Waals surface area contributed by atoms with Crippen molar-refractivity contribution < 1.29 is 11.3 Å². The van der Waals surface area contributed by atoms with Crippen molar-refractivity contribution in [1.82, 2.24) is 0 Å². The van der Waals surface area contributed by atoms with Gasteiger partial charge in [-0.15, -0.1) is 0 Å². The van der Waals surface area contributed by atoms with Gasteiger partial charge in [-0.1, -0.05) is 0 Å². The van der Waals surface area contributed by atoms with Gasteiger partial charge in [0.15, 0.2) is 0 Å². The predicted octanol–water partition coefficient (Wildman–Crippen LogP) is -0.858. The minimum atomic E-state index is -0.694. The molecular weight excluding hydrogens is 72.1 g/mol. The fraction of sp³-hybridized carbons (Fsp3) is 0. The third-order valence-electron chi connectivity index (χ3n) is 0. The van der Waals surface area contributed by atoms with Gasteiger partial charge in [-0.2, -0.15) is 0 Å². The topological polar surface area (TPSA) is 37.3 Å². The molecule has 0 aliphatic heterocycles. The van der Waals surface area contributed by atoms with Crippen molar-refractivity contribution >= 4 is 15.8 Å². The molecule has 0 heterocycles. The number of rotatable bonds is 0. The van der Waals surface area contributed by atoms with E-state index in [0.717, 1.165) is 0 Å². The van der Waals surface area contributed by atoms with Gasteiger partial charge in [-0.05, 0) is 0 Å². The Balaban J connectivity index is 0. The zero-order valence-electron chi connectivity index (χ0n) is 3.36. The second kappa shape index (κ2) is 1.06. The molecule has 0 spiro atoms. The SMILES string of the molecule is O=C(O)[SiH3].[H+]. The van der Waals surface area contributed by atoms with Gasteiger partial charge in [0.25, 0.3) is 5.59 Å². The molecule has 0 saturated carbocycles. The molecule has 0 fully saturated rings. The number of hydrogen-bond donors (Lipinski definition) is 1. The van der Waals surface area contributed by atoms with Crippen LogP contribution in [-0.2, 0) is 0 Å². The van der Waals surface area contributed by atoms with Gasteiger partial charge in [-0.25, -0.2) is 0 Å². The molecule has 0 aliphatic carbocycles. The lowest BCUT2D eigenvalue weighted by molar-refractivity contribution is 0.220. The quantitative estimate of drug-likeness (QED) is 0.382. The van der Waals surface area contributed by atoms with Gasteiger partial charge in [0.05, 0.1) is 0 Å². The van der Waals surface area contributed by atoms with Crippen LogP contribution in [0.3, 0.4) is 0 Å². The first-order valence-corrected chi connectivity index (χ1v) is 1.93. The minimum Gasteiger partial charge on any atom is -0.486 e. The third kappa shape index (κ3) is 8.12. The van der Waals surface area contributed by atoms with E-state index in [1.807, 2.05) is 0 Å². The molecule has 0 rings (SSSR count). The summed E-state index contributed by atoms with van der Waals surface area (Å²) in [4.78, 5) is 9.06. The van der Waals surface area contributed by atoms with Crippen molar-refractivity contribution in [3.63, 3.8) is 0 Å². The maximum atomic E-state index is 9.06. The fourth-order valence-corrected chi connectivity index (χ4v) is 0. The monoisotopic (exact) mass is 77.0 g/mol. The Morgan fingerprint density at radius 2 is 2.25 bits per heavy atom. The van der Waals surface area contributed by atoms with Crippen LogP contribution >= 0.6 is 0 Å². The van der Waals surface area contributed by atoms with Crippen LogP contribution in [0.5, 0.6) is 0 Å². The summed E-state index contributed by atoms with van der Waals surface area (Å²) in [6.45, 7) is 0. The molecule has 0 saturated heterocycles. The van der Waals surface area contributed by atoms with Gasteiger partial charge in [0.1, 0.15) is 10.2 Å². The highest BCUT2D eigenvalue weighted by atomic mass is 28.1. The molecule has 0 amide bonds. The average molecular weight is 77.1 g/mol. The molecule has 0 unspecified atom stereocenters. The zero-order valence-corrected chi connectivity index (χ0v) is 4.36. The predicted molar refractivity (Wildman–Crippen MR) is 19.1 cm³/mol. The van der Waals surface area contributed by atoms with Crippen molar-refractivity contribution in [3.05, 3.63) is 0 Å². The number of carboxylic acid groups (broad SMARTS) is 1. The van der Waals surface area contributed by atoms with E-state index in [0.29, 0.717) is 0 Å². The van der Waals surface area contributed by atoms with E-state index in [9.17, 15) is 0 Å². The summed E-state index contributed by atoms with van der Waals surface area (Å²) in [5, 5.41) is 7.48. The van der Waals surface area contributed by atoms with Crippen LogP contribution in [0.25, 0.3) is 0 Å². The van der Waals surface area contributed by atoms with Crippen LogP contribution in [-0.4, -0.2) is 20.9 Å². The maximum Gasteiger partial charge on any atom is 1.00 e. The standard InChI is InChI=1S/CH4O2Si/c2-1(3)4/h4H3,(H,2,3)/p+1. The molecular formula is CH5O2Si+. The van der Waals surface area contributed by atoms with E-state index in [1.54, 1.807) is 0 Å². The van der Waals surface area contributed by atoms with Crippen molar-refractivity contribution in [2.75, 3.05) is 0 Å². The molecule has 0 bridgehead atoms. The Hall–Kier alpha value is -0.313. The van der Waals surface area contributed by atoms with Crippen LogP contribution in [0.1, 0.15) is 1.43 Å². The van der Waals surface area contributed by atoms with E-state index < -0.39 is 5.59 Å². The molecule has 3 heteroatoms. The van der Waals surface area contributed by atoms with Crippen molar-refractivity contribution in [1.29, 1.82) is 0 Å².